The van der Waals surface area contributed by atoms with Crippen molar-refractivity contribution in [3.05, 3.63) is 29.8 Å². The number of hydrogen-bond acceptors (Lipinski definition) is 4. The third-order valence-corrected chi connectivity index (χ3v) is 3.73. The van der Waals surface area contributed by atoms with Gasteiger partial charge in [-0.05, 0) is 45.5 Å². The zero-order valence-corrected chi connectivity index (χ0v) is 12.7. The molecular weight excluding hydrogens is 254 g/mol. The molecule has 20 heavy (non-hydrogen) atoms. The van der Waals surface area contributed by atoms with Crippen LogP contribution in [0, 0.1) is 0 Å². The minimum absolute atomic E-state index is 0.0101. The Bertz CT molecular complexity index is 460. The second-order valence-electron chi connectivity index (χ2n) is 5.65. The first-order valence-electron chi connectivity index (χ1n) is 6.75. The fraction of sp³-hybridized carbons (Fsp3) is 0.533. The minimum Gasteiger partial charge on any atom is -0.394 e. The van der Waals surface area contributed by atoms with E-state index in [0.717, 1.165) is 11.3 Å². The van der Waals surface area contributed by atoms with Gasteiger partial charge in [0.25, 0.3) is 0 Å². The summed E-state index contributed by atoms with van der Waals surface area (Å²) in [5.74, 6) is -0.108. The van der Waals surface area contributed by atoms with Crippen LogP contribution in [-0.2, 0) is 11.3 Å². The Morgan fingerprint density at radius 1 is 1.50 bits per heavy atom. The van der Waals surface area contributed by atoms with Gasteiger partial charge in [-0.25, -0.2) is 0 Å². The van der Waals surface area contributed by atoms with Gasteiger partial charge < -0.3 is 16.2 Å². The van der Waals surface area contributed by atoms with E-state index in [9.17, 15) is 9.90 Å². The Hall–Kier alpha value is -1.43. The number of nitrogens with zero attached hydrogens (tertiary/aromatic N) is 1. The number of likely N-dealkylation sites (N-methyl/N-ethyl adjacent to an activating group) is 1. The van der Waals surface area contributed by atoms with Gasteiger partial charge >= 0.3 is 0 Å². The van der Waals surface area contributed by atoms with E-state index in [2.05, 4.69) is 5.32 Å². The highest BCUT2D eigenvalue weighted by Gasteiger charge is 2.30. The molecule has 5 heteroatoms. The lowest BCUT2D eigenvalue weighted by atomic mass is 10.0. The number of amides is 1. The van der Waals surface area contributed by atoms with Crippen molar-refractivity contribution in [1.82, 2.24) is 4.90 Å². The van der Waals surface area contributed by atoms with Crippen molar-refractivity contribution in [2.45, 2.75) is 38.9 Å². The fourth-order valence-corrected chi connectivity index (χ4v) is 1.83. The Morgan fingerprint density at radius 2 is 2.15 bits per heavy atom. The molecule has 0 bridgehead atoms. The summed E-state index contributed by atoms with van der Waals surface area (Å²) in [5.41, 5.74) is 6.84. The first kappa shape index (κ1) is 16.6. The topological polar surface area (TPSA) is 78.6 Å². The molecule has 0 fully saturated rings. The molecule has 1 amide bonds. The highest BCUT2D eigenvalue weighted by atomic mass is 16.3. The van der Waals surface area contributed by atoms with Gasteiger partial charge in [-0.15, -0.1) is 0 Å². The van der Waals surface area contributed by atoms with Crippen LogP contribution in [0.1, 0.15) is 26.3 Å². The van der Waals surface area contributed by atoms with Crippen LogP contribution >= 0.6 is 0 Å². The first-order chi connectivity index (χ1) is 9.31. The third-order valence-electron chi connectivity index (χ3n) is 3.73. The number of anilines is 1. The molecule has 1 aromatic rings. The van der Waals surface area contributed by atoms with Crippen LogP contribution in [0.4, 0.5) is 5.69 Å². The Balaban J connectivity index is 2.75. The van der Waals surface area contributed by atoms with Crippen LogP contribution < -0.4 is 11.1 Å². The molecule has 0 aliphatic carbocycles. The van der Waals surface area contributed by atoms with Gasteiger partial charge in [0, 0.05) is 17.8 Å². The molecule has 0 saturated heterocycles. The van der Waals surface area contributed by atoms with Gasteiger partial charge in [0.2, 0.25) is 5.91 Å². The molecule has 1 unspecified atom stereocenters. The maximum absolute atomic E-state index is 12.3. The number of carbonyl (C=O) groups excluding carboxylic acids is 1. The van der Waals surface area contributed by atoms with Crippen molar-refractivity contribution in [3.8, 4) is 0 Å². The molecule has 4 N–H and O–H groups in total. The first-order valence-corrected chi connectivity index (χ1v) is 6.75. The molecule has 0 aliphatic rings. The van der Waals surface area contributed by atoms with Crippen LogP contribution in [0.15, 0.2) is 24.3 Å². The average molecular weight is 279 g/mol. The number of aliphatic hydroxyl groups is 1. The number of rotatable bonds is 6. The van der Waals surface area contributed by atoms with E-state index >= 15 is 0 Å². The summed E-state index contributed by atoms with van der Waals surface area (Å²) in [5, 5.41) is 12.2. The number of hydrogen-bond donors (Lipinski definition) is 3. The van der Waals surface area contributed by atoms with Crippen molar-refractivity contribution in [3.63, 3.8) is 0 Å². The molecule has 5 nitrogen and oxygen atoms in total. The summed E-state index contributed by atoms with van der Waals surface area (Å²) in [6.07, 6.45) is 0. The molecule has 0 heterocycles. The maximum Gasteiger partial charge on any atom is 0.241 e. The van der Waals surface area contributed by atoms with Gasteiger partial charge in [-0.3, -0.25) is 9.69 Å². The van der Waals surface area contributed by atoms with Crippen molar-refractivity contribution in [2.24, 2.45) is 5.73 Å². The van der Waals surface area contributed by atoms with E-state index in [1.54, 1.807) is 0 Å². The van der Waals surface area contributed by atoms with Crippen LogP contribution in [0.5, 0.6) is 0 Å². The average Bonchev–Trinajstić information content (AvgIpc) is 2.45. The van der Waals surface area contributed by atoms with Crippen molar-refractivity contribution in [1.29, 1.82) is 0 Å². The number of nitrogens with two attached hydrogens (primary N) is 1. The molecule has 0 aromatic heterocycles. The van der Waals surface area contributed by atoms with Crippen molar-refractivity contribution in [2.75, 3.05) is 19.0 Å². The number of nitrogens with one attached hydrogen (secondary N) is 1. The summed E-state index contributed by atoms with van der Waals surface area (Å²) in [4.78, 5) is 14.1. The normalized spacial score (nSPS) is 13.3. The van der Waals surface area contributed by atoms with E-state index in [-0.39, 0.29) is 18.6 Å². The third kappa shape index (κ3) is 4.03. The molecule has 112 valence electrons. The van der Waals surface area contributed by atoms with Crippen LogP contribution in [0.3, 0.4) is 0 Å². The van der Waals surface area contributed by atoms with E-state index in [1.807, 2.05) is 57.0 Å². The lowest BCUT2D eigenvalue weighted by molar-refractivity contribution is -0.122. The molecule has 1 rings (SSSR count). The van der Waals surface area contributed by atoms with Gasteiger partial charge in [0.15, 0.2) is 0 Å². The summed E-state index contributed by atoms with van der Waals surface area (Å²) >= 11 is 0. The smallest absolute Gasteiger partial charge is 0.241 e. The molecule has 0 saturated carbocycles. The predicted molar refractivity (Wildman–Crippen MR) is 81.4 cm³/mol. The Kier molecular flexibility index (Phi) is 5.68. The van der Waals surface area contributed by atoms with Gasteiger partial charge in [-0.1, -0.05) is 12.1 Å². The maximum atomic E-state index is 12.3. The predicted octanol–water partition coefficient (Wildman–Crippen LogP) is 1.18. The second kappa shape index (κ2) is 6.83. The lowest BCUT2D eigenvalue weighted by Crippen LogP contribution is -2.52. The number of benzene rings is 1. The monoisotopic (exact) mass is 279 g/mol. The molecule has 1 atom stereocenters. The van der Waals surface area contributed by atoms with E-state index < -0.39 is 5.54 Å². The van der Waals surface area contributed by atoms with Gasteiger partial charge in [0.1, 0.15) is 0 Å². The van der Waals surface area contributed by atoms with Gasteiger partial charge in [0.05, 0.1) is 12.6 Å². The molecule has 0 radical (unpaired) electrons. The highest BCUT2D eigenvalue weighted by Crippen LogP contribution is 2.17. The van der Waals surface area contributed by atoms with Crippen LogP contribution in [-0.4, -0.2) is 41.1 Å². The second-order valence-corrected chi connectivity index (χ2v) is 5.65. The molecular formula is C15H25N3O2. The van der Waals surface area contributed by atoms with E-state index in [0.29, 0.717) is 6.54 Å². The van der Waals surface area contributed by atoms with Crippen molar-refractivity contribution >= 4 is 11.6 Å². The largest absolute Gasteiger partial charge is 0.394 e. The van der Waals surface area contributed by atoms with E-state index in [4.69, 9.17) is 5.73 Å². The zero-order valence-electron chi connectivity index (χ0n) is 12.7. The highest BCUT2D eigenvalue weighted by molar-refractivity contribution is 5.94. The van der Waals surface area contributed by atoms with E-state index in [1.165, 1.54) is 0 Å². The minimum atomic E-state index is -0.449. The van der Waals surface area contributed by atoms with Crippen LogP contribution in [0.2, 0.25) is 0 Å². The van der Waals surface area contributed by atoms with Crippen molar-refractivity contribution < 1.29 is 9.90 Å². The lowest BCUT2D eigenvalue weighted by Gasteiger charge is -2.37. The Labute approximate surface area is 120 Å². The summed E-state index contributed by atoms with van der Waals surface area (Å²) in [7, 11) is 1.83. The summed E-state index contributed by atoms with van der Waals surface area (Å²) in [6.45, 7) is 6.04. The summed E-state index contributed by atoms with van der Waals surface area (Å²) in [6, 6.07) is 7.13. The summed E-state index contributed by atoms with van der Waals surface area (Å²) < 4.78 is 0. The fourth-order valence-electron chi connectivity index (χ4n) is 1.83. The SMILES string of the molecule is CC(C(=O)Nc1cccc(CN)c1)N(C)C(C)(C)CO. The Morgan fingerprint density at radius 3 is 2.70 bits per heavy atom. The standard InChI is InChI=1S/C15H25N3O2/c1-11(18(4)15(2,3)10-19)14(20)17-13-7-5-6-12(8-13)9-16/h5-8,11,19H,9-10,16H2,1-4H3,(H,17,20). The zero-order chi connectivity index (χ0) is 15.3. The molecule has 0 aliphatic heterocycles. The number of carbonyl (C=O) groups is 1. The number of aliphatic hydroxyl groups excluding tert-OH is 1. The van der Waals surface area contributed by atoms with Crippen LogP contribution in [0.25, 0.3) is 0 Å². The van der Waals surface area contributed by atoms with Gasteiger partial charge in [-0.2, -0.15) is 0 Å². The quantitative estimate of drug-likeness (QED) is 0.730. The molecule has 0 spiro atoms. The molecule has 1 aromatic carbocycles.